The van der Waals surface area contributed by atoms with E-state index in [1.807, 2.05) is 44.2 Å². The van der Waals surface area contributed by atoms with Crippen LogP contribution in [0.4, 0.5) is 4.39 Å². The molecule has 0 aromatic heterocycles. The van der Waals surface area contributed by atoms with Gasteiger partial charge in [-0.05, 0) is 55.7 Å². The van der Waals surface area contributed by atoms with E-state index < -0.39 is 11.2 Å². The lowest BCUT2D eigenvalue weighted by atomic mass is 9.91. The zero-order valence-electron chi connectivity index (χ0n) is 22.2. The summed E-state index contributed by atoms with van der Waals surface area (Å²) in [5.41, 5.74) is 1.07. The van der Waals surface area contributed by atoms with Crippen LogP contribution in [0, 0.1) is 11.2 Å². The molecule has 200 valence electrons. The maximum Gasteiger partial charge on any atom is 0.165 e. The fraction of sp³-hybridized carbons (Fsp3) is 0.600. The second-order valence-corrected chi connectivity index (χ2v) is 10.4. The first-order valence-corrected chi connectivity index (χ1v) is 13.4. The van der Waals surface area contributed by atoms with E-state index in [0.29, 0.717) is 31.3 Å². The highest BCUT2D eigenvalue weighted by molar-refractivity contribution is 5.65. The molecule has 2 aromatic rings. The van der Waals surface area contributed by atoms with Crippen molar-refractivity contribution in [3.8, 4) is 22.6 Å². The second-order valence-electron chi connectivity index (χ2n) is 10.4. The van der Waals surface area contributed by atoms with Gasteiger partial charge in [0.1, 0.15) is 12.4 Å². The Morgan fingerprint density at radius 2 is 1.44 bits per heavy atom. The van der Waals surface area contributed by atoms with Crippen molar-refractivity contribution in [3.63, 3.8) is 0 Å². The molecule has 0 spiro atoms. The molecule has 3 rings (SSSR count). The highest BCUT2D eigenvalue weighted by Gasteiger charge is 2.40. The SMILES string of the molecule is CCCCCCCCCCOc1ccc(-c2ccc(OCC3(CO)COC(C)(C)OC3)cc2)cc1F. The minimum atomic E-state index is -0.649. The van der Waals surface area contributed by atoms with Gasteiger partial charge in [-0.1, -0.05) is 70.1 Å². The van der Waals surface area contributed by atoms with Crippen LogP contribution in [-0.2, 0) is 9.47 Å². The molecule has 1 saturated heterocycles. The molecule has 6 heteroatoms. The molecule has 0 unspecified atom stereocenters. The first-order valence-electron chi connectivity index (χ1n) is 13.4. The summed E-state index contributed by atoms with van der Waals surface area (Å²) >= 11 is 0. The Balaban J connectivity index is 1.44. The van der Waals surface area contributed by atoms with Gasteiger partial charge in [-0.15, -0.1) is 0 Å². The summed E-state index contributed by atoms with van der Waals surface area (Å²) in [4.78, 5) is 0. The Morgan fingerprint density at radius 1 is 0.833 bits per heavy atom. The third-order valence-electron chi connectivity index (χ3n) is 6.71. The average molecular weight is 503 g/mol. The summed E-state index contributed by atoms with van der Waals surface area (Å²) in [6.07, 6.45) is 9.80. The van der Waals surface area contributed by atoms with Crippen molar-refractivity contribution in [1.29, 1.82) is 0 Å². The number of hydrogen-bond acceptors (Lipinski definition) is 5. The number of unbranched alkanes of at least 4 members (excludes halogenated alkanes) is 7. The number of aliphatic hydroxyl groups excluding tert-OH is 1. The van der Waals surface area contributed by atoms with Crippen LogP contribution < -0.4 is 9.47 Å². The lowest BCUT2D eigenvalue weighted by molar-refractivity contribution is -0.293. The van der Waals surface area contributed by atoms with Crippen LogP contribution >= 0.6 is 0 Å². The monoisotopic (exact) mass is 502 g/mol. The zero-order valence-corrected chi connectivity index (χ0v) is 22.2. The molecule has 0 atom stereocenters. The topological polar surface area (TPSA) is 57.2 Å². The minimum Gasteiger partial charge on any atom is -0.493 e. The van der Waals surface area contributed by atoms with Gasteiger partial charge in [0, 0.05) is 0 Å². The van der Waals surface area contributed by atoms with Crippen LogP contribution in [0.15, 0.2) is 42.5 Å². The van der Waals surface area contributed by atoms with Gasteiger partial charge in [0.15, 0.2) is 17.4 Å². The number of halogens is 1. The van der Waals surface area contributed by atoms with E-state index in [0.717, 1.165) is 24.0 Å². The van der Waals surface area contributed by atoms with Gasteiger partial charge >= 0.3 is 0 Å². The van der Waals surface area contributed by atoms with Crippen LogP contribution in [0.2, 0.25) is 0 Å². The summed E-state index contributed by atoms with van der Waals surface area (Å²) in [5, 5.41) is 9.87. The van der Waals surface area contributed by atoms with E-state index >= 15 is 0 Å². The van der Waals surface area contributed by atoms with Crippen molar-refractivity contribution in [1.82, 2.24) is 0 Å². The van der Waals surface area contributed by atoms with E-state index in [4.69, 9.17) is 18.9 Å². The smallest absolute Gasteiger partial charge is 0.165 e. The molecule has 5 nitrogen and oxygen atoms in total. The number of rotatable bonds is 15. The van der Waals surface area contributed by atoms with Gasteiger partial charge in [-0.2, -0.15) is 0 Å². The van der Waals surface area contributed by atoms with E-state index in [1.54, 1.807) is 6.07 Å². The van der Waals surface area contributed by atoms with E-state index in [2.05, 4.69) is 6.92 Å². The minimum absolute atomic E-state index is 0.0894. The average Bonchev–Trinajstić information content (AvgIpc) is 2.88. The summed E-state index contributed by atoms with van der Waals surface area (Å²) in [5.74, 6) is -0.0280. The van der Waals surface area contributed by atoms with Crippen molar-refractivity contribution >= 4 is 0 Å². The van der Waals surface area contributed by atoms with Crippen LogP contribution in [0.5, 0.6) is 11.5 Å². The van der Waals surface area contributed by atoms with Gasteiger partial charge in [0.2, 0.25) is 0 Å². The molecular weight excluding hydrogens is 459 g/mol. The van der Waals surface area contributed by atoms with Crippen molar-refractivity contribution in [2.24, 2.45) is 5.41 Å². The van der Waals surface area contributed by atoms with E-state index in [9.17, 15) is 9.50 Å². The summed E-state index contributed by atoms with van der Waals surface area (Å²) in [6.45, 7) is 7.39. The van der Waals surface area contributed by atoms with Crippen LogP contribution in [-0.4, -0.2) is 43.9 Å². The first kappa shape index (κ1) is 28.4. The largest absolute Gasteiger partial charge is 0.493 e. The van der Waals surface area contributed by atoms with Gasteiger partial charge in [0.25, 0.3) is 0 Å². The molecule has 1 N–H and O–H groups in total. The first-order chi connectivity index (χ1) is 17.4. The Morgan fingerprint density at radius 3 is 2.06 bits per heavy atom. The van der Waals surface area contributed by atoms with E-state index in [-0.39, 0.29) is 19.0 Å². The highest BCUT2D eigenvalue weighted by atomic mass is 19.1. The lowest BCUT2D eigenvalue weighted by Gasteiger charge is -2.42. The van der Waals surface area contributed by atoms with E-state index in [1.165, 1.54) is 44.6 Å². The summed E-state index contributed by atoms with van der Waals surface area (Å²) < 4.78 is 37.6. The predicted molar refractivity (Wildman–Crippen MR) is 141 cm³/mol. The summed E-state index contributed by atoms with van der Waals surface area (Å²) in [6, 6.07) is 12.6. The number of hydrogen-bond donors (Lipinski definition) is 1. The van der Waals surface area contributed by atoms with Crippen molar-refractivity contribution in [2.75, 3.05) is 33.0 Å². The molecular formula is C30H43FO5. The molecule has 0 saturated carbocycles. The van der Waals surface area contributed by atoms with Crippen molar-refractivity contribution < 1.29 is 28.4 Å². The van der Waals surface area contributed by atoms with Gasteiger partial charge in [0.05, 0.1) is 31.8 Å². The molecule has 0 bridgehead atoms. The quantitative estimate of drug-likeness (QED) is 0.262. The van der Waals surface area contributed by atoms with Gasteiger partial charge in [-0.3, -0.25) is 0 Å². The molecule has 1 fully saturated rings. The molecule has 2 aromatic carbocycles. The zero-order chi connectivity index (χ0) is 25.9. The van der Waals surface area contributed by atoms with Crippen LogP contribution in [0.3, 0.4) is 0 Å². The van der Waals surface area contributed by atoms with Gasteiger partial charge in [-0.25, -0.2) is 4.39 Å². The normalized spacial score (nSPS) is 16.6. The molecule has 1 aliphatic rings. The van der Waals surface area contributed by atoms with Crippen LogP contribution in [0.1, 0.15) is 72.1 Å². The molecule has 0 radical (unpaired) electrons. The third-order valence-corrected chi connectivity index (χ3v) is 6.71. The van der Waals surface area contributed by atoms with Gasteiger partial charge < -0.3 is 24.1 Å². The van der Waals surface area contributed by atoms with Crippen molar-refractivity contribution in [2.45, 2.75) is 77.9 Å². The number of ether oxygens (including phenoxy) is 4. The molecule has 36 heavy (non-hydrogen) atoms. The summed E-state index contributed by atoms with van der Waals surface area (Å²) in [7, 11) is 0. The Hall–Kier alpha value is -2.15. The maximum atomic E-state index is 14.6. The standard InChI is InChI=1S/C30H43FO5/c1-4-5-6-7-8-9-10-11-18-33-28-17-14-25(19-27(28)31)24-12-15-26(16-13-24)34-21-30(20-32)22-35-29(2,3)36-23-30/h12-17,19,32H,4-11,18,20-23H2,1-3H3. The molecule has 1 aliphatic heterocycles. The molecule has 0 aliphatic carbocycles. The Labute approximate surface area is 215 Å². The molecule has 1 heterocycles. The second kappa shape index (κ2) is 14.0. The fourth-order valence-corrected chi connectivity index (χ4v) is 4.15. The Bertz CT molecular complexity index is 902. The fourth-order valence-electron chi connectivity index (χ4n) is 4.15. The maximum absolute atomic E-state index is 14.6. The predicted octanol–water partition coefficient (Wildman–Crippen LogP) is 7.15. The van der Waals surface area contributed by atoms with Crippen LogP contribution in [0.25, 0.3) is 11.1 Å². The highest BCUT2D eigenvalue weighted by Crippen LogP contribution is 2.31. The van der Waals surface area contributed by atoms with Crippen molar-refractivity contribution in [3.05, 3.63) is 48.3 Å². The molecule has 0 amide bonds. The lowest BCUT2D eigenvalue weighted by Crippen LogP contribution is -2.51. The third kappa shape index (κ3) is 8.75. The number of aliphatic hydroxyl groups is 1. The Kier molecular flexibility index (Phi) is 11.0. The number of benzene rings is 2.